The fourth-order valence-corrected chi connectivity index (χ4v) is 1.60. The Bertz CT molecular complexity index is 518. The summed E-state index contributed by atoms with van der Waals surface area (Å²) >= 11 is 0. The van der Waals surface area contributed by atoms with E-state index in [0.29, 0.717) is 12.1 Å². The third-order valence-corrected chi connectivity index (χ3v) is 2.55. The van der Waals surface area contributed by atoms with Crippen LogP contribution >= 0.6 is 0 Å². The summed E-state index contributed by atoms with van der Waals surface area (Å²) in [6.45, 7) is 0.423. The van der Waals surface area contributed by atoms with Crippen LogP contribution in [0.2, 0.25) is 0 Å². The first-order chi connectivity index (χ1) is 8.29. The van der Waals surface area contributed by atoms with Crippen molar-refractivity contribution in [3.63, 3.8) is 0 Å². The zero-order chi connectivity index (χ0) is 12.1. The first-order valence-corrected chi connectivity index (χ1v) is 5.51. The average Bonchev–Trinajstić information content (AvgIpc) is 2.39. The lowest BCUT2D eigenvalue weighted by molar-refractivity contribution is 0.624. The molecule has 0 atom stereocenters. The van der Waals surface area contributed by atoms with Gasteiger partial charge < -0.3 is 5.73 Å². The van der Waals surface area contributed by atoms with E-state index in [-0.39, 0.29) is 5.82 Å². The van der Waals surface area contributed by atoms with Gasteiger partial charge in [0, 0.05) is 12.1 Å². The molecule has 0 amide bonds. The SMILES string of the molecule is NCc1ccc(F)c(/C=C/c2ccccc2)c1. The van der Waals surface area contributed by atoms with Crippen molar-refractivity contribution in [2.45, 2.75) is 6.54 Å². The number of benzene rings is 2. The number of hydrogen-bond donors (Lipinski definition) is 1. The van der Waals surface area contributed by atoms with E-state index >= 15 is 0 Å². The summed E-state index contributed by atoms with van der Waals surface area (Å²) in [5.41, 5.74) is 8.07. The number of hydrogen-bond acceptors (Lipinski definition) is 1. The smallest absolute Gasteiger partial charge is 0.130 e. The van der Waals surface area contributed by atoms with Crippen LogP contribution in [0.1, 0.15) is 16.7 Å². The van der Waals surface area contributed by atoms with E-state index in [4.69, 9.17) is 5.73 Å². The van der Waals surface area contributed by atoms with Gasteiger partial charge in [-0.25, -0.2) is 4.39 Å². The van der Waals surface area contributed by atoms with Crippen LogP contribution in [0.5, 0.6) is 0 Å². The molecule has 0 saturated carbocycles. The van der Waals surface area contributed by atoms with Crippen LogP contribution in [0, 0.1) is 5.82 Å². The number of halogens is 1. The monoisotopic (exact) mass is 227 g/mol. The molecule has 1 nitrogen and oxygen atoms in total. The first-order valence-electron chi connectivity index (χ1n) is 5.51. The molecule has 0 unspecified atom stereocenters. The van der Waals surface area contributed by atoms with Crippen molar-refractivity contribution < 1.29 is 4.39 Å². The van der Waals surface area contributed by atoms with Gasteiger partial charge in [0.15, 0.2) is 0 Å². The summed E-state index contributed by atoms with van der Waals surface area (Å²) in [5.74, 6) is -0.227. The maximum absolute atomic E-state index is 13.5. The molecular weight excluding hydrogens is 213 g/mol. The van der Waals surface area contributed by atoms with Gasteiger partial charge in [0.05, 0.1) is 0 Å². The quantitative estimate of drug-likeness (QED) is 0.798. The largest absolute Gasteiger partial charge is 0.326 e. The van der Waals surface area contributed by atoms with Gasteiger partial charge in [-0.05, 0) is 23.3 Å². The molecule has 2 aromatic rings. The molecule has 2 heteroatoms. The van der Waals surface area contributed by atoms with E-state index in [9.17, 15) is 4.39 Å². The second kappa shape index (κ2) is 5.41. The zero-order valence-electron chi connectivity index (χ0n) is 9.44. The molecule has 0 heterocycles. The molecule has 0 aromatic heterocycles. The molecule has 17 heavy (non-hydrogen) atoms. The fraction of sp³-hybridized carbons (Fsp3) is 0.0667. The molecule has 2 N–H and O–H groups in total. The summed E-state index contributed by atoms with van der Waals surface area (Å²) in [6, 6.07) is 14.7. The Kier molecular flexibility index (Phi) is 3.68. The van der Waals surface area contributed by atoms with E-state index < -0.39 is 0 Å². The topological polar surface area (TPSA) is 26.0 Å². The van der Waals surface area contributed by atoms with Crippen LogP contribution in [-0.4, -0.2) is 0 Å². The van der Waals surface area contributed by atoms with Gasteiger partial charge in [-0.15, -0.1) is 0 Å². The second-order valence-corrected chi connectivity index (χ2v) is 3.80. The van der Waals surface area contributed by atoms with Gasteiger partial charge in [-0.2, -0.15) is 0 Å². The summed E-state index contributed by atoms with van der Waals surface area (Å²) in [6.07, 6.45) is 3.66. The Labute approximate surface area is 100 Å². The fourth-order valence-electron chi connectivity index (χ4n) is 1.60. The van der Waals surface area contributed by atoms with E-state index in [1.165, 1.54) is 6.07 Å². The molecule has 2 rings (SSSR count). The Balaban J connectivity index is 2.26. The van der Waals surface area contributed by atoms with Gasteiger partial charge >= 0.3 is 0 Å². The second-order valence-electron chi connectivity index (χ2n) is 3.80. The molecule has 0 saturated heterocycles. The third kappa shape index (κ3) is 3.02. The van der Waals surface area contributed by atoms with Gasteiger partial charge in [-0.1, -0.05) is 48.6 Å². The Morgan fingerprint density at radius 1 is 1.00 bits per heavy atom. The molecule has 0 aliphatic heterocycles. The van der Waals surface area contributed by atoms with E-state index in [0.717, 1.165) is 11.1 Å². The third-order valence-electron chi connectivity index (χ3n) is 2.55. The highest BCUT2D eigenvalue weighted by Gasteiger charge is 1.99. The highest BCUT2D eigenvalue weighted by molar-refractivity contribution is 5.70. The Hall–Kier alpha value is -1.93. The van der Waals surface area contributed by atoms with Gasteiger partial charge in [0.25, 0.3) is 0 Å². The molecule has 0 radical (unpaired) electrons. The predicted molar refractivity (Wildman–Crippen MR) is 69.7 cm³/mol. The standard InChI is InChI=1S/C15H14FN/c16-15-9-7-13(11-17)10-14(15)8-6-12-4-2-1-3-5-12/h1-10H,11,17H2/b8-6+. The van der Waals surface area contributed by atoms with Gasteiger partial charge in [0.2, 0.25) is 0 Å². The van der Waals surface area contributed by atoms with Crippen LogP contribution in [0.15, 0.2) is 48.5 Å². The first kappa shape index (κ1) is 11.6. The Morgan fingerprint density at radius 2 is 1.76 bits per heavy atom. The van der Waals surface area contributed by atoms with Gasteiger partial charge in [-0.3, -0.25) is 0 Å². The van der Waals surface area contributed by atoms with Crippen molar-refractivity contribution in [2.75, 3.05) is 0 Å². The highest BCUT2D eigenvalue weighted by atomic mass is 19.1. The van der Waals surface area contributed by atoms with E-state index in [1.54, 1.807) is 18.2 Å². The molecule has 86 valence electrons. The molecule has 0 aliphatic rings. The normalized spacial score (nSPS) is 10.9. The van der Waals surface area contributed by atoms with Crippen molar-refractivity contribution in [1.29, 1.82) is 0 Å². The van der Waals surface area contributed by atoms with Gasteiger partial charge in [0.1, 0.15) is 5.82 Å². The number of rotatable bonds is 3. The van der Waals surface area contributed by atoms with Crippen molar-refractivity contribution in [3.8, 4) is 0 Å². The van der Waals surface area contributed by atoms with Crippen LogP contribution in [0.3, 0.4) is 0 Å². The molecule has 2 aromatic carbocycles. The van der Waals surface area contributed by atoms with Crippen LogP contribution in [0.25, 0.3) is 12.2 Å². The van der Waals surface area contributed by atoms with Crippen LogP contribution in [0.4, 0.5) is 4.39 Å². The van der Waals surface area contributed by atoms with Crippen molar-refractivity contribution in [3.05, 3.63) is 71.0 Å². The minimum Gasteiger partial charge on any atom is -0.326 e. The zero-order valence-corrected chi connectivity index (χ0v) is 9.44. The molecule has 0 bridgehead atoms. The van der Waals surface area contributed by atoms with Crippen LogP contribution < -0.4 is 5.73 Å². The summed E-state index contributed by atoms with van der Waals surface area (Å²) in [5, 5.41) is 0. The lowest BCUT2D eigenvalue weighted by Crippen LogP contribution is -1.97. The maximum Gasteiger partial charge on any atom is 0.130 e. The maximum atomic E-state index is 13.5. The summed E-state index contributed by atoms with van der Waals surface area (Å²) in [4.78, 5) is 0. The molecule has 0 spiro atoms. The predicted octanol–water partition coefficient (Wildman–Crippen LogP) is 3.45. The number of nitrogens with two attached hydrogens (primary N) is 1. The van der Waals surface area contributed by atoms with Crippen molar-refractivity contribution in [2.24, 2.45) is 5.73 Å². The van der Waals surface area contributed by atoms with E-state index in [1.807, 2.05) is 36.4 Å². The summed E-state index contributed by atoms with van der Waals surface area (Å²) in [7, 11) is 0. The Morgan fingerprint density at radius 3 is 2.47 bits per heavy atom. The summed E-state index contributed by atoms with van der Waals surface area (Å²) < 4.78 is 13.5. The van der Waals surface area contributed by atoms with Crippen molar-refractivity contribution >= 4 is 12.2 Å². The highest BCUT2D eigenvalue weighted by Crippen LogP contribution is 2.14. The molecular formula is C15H14FN. The molecule has 0 aliphatic carbocycles. The average molecular weight is 227 g/mol. The lowest BCUT2D eigenvalue weighted by Gasteiger charge is -2.01. The van der Waals surface area contributed by atoms with E-state index in [2.05, 4.69) is 0 Å². The molecule has 0 fully saturated rings. The van der Waals surface area contributed by atoms with Crippen molar-refractivity contribution in [1.82, 2.24) is 0 Å². The minimum absolute atomic E-state index is 0.227. The minimum atomic E-state index is -0.227. The van der Waals surface area contributed by atoms with Crippen LogP contribution in [-0.2, 0) is 6.54 Å². The lowest BCUT2D eigenvalue weighted by atomic mass is 10.1.